The molecule has 4 aromatic rings. The topological polar surface area (TPSA) is 84.2 Å². The first-order chi connectivity index (χ1) is 16.4. The number of hydrogen-bond acceptors (Lipinski definition) is 6. The van der Waals surface area contributed by atoms with Gasteiger partial charge in [-0.25, -0.2) is 14.4 Å². The fraction of sp³-hybridized carbons (Fsp3) is 0.385. The summed E-state index contributed by atoms with van der Waals surface area (Å²) >= 11 is 0. The minimum absolute atomic E-state index is 0.00192. The van der Waals surface area contributed by atoms with E-state index in [1.54, 1.807) is 30.6 Å². The Hall–Kier alpha value is -3.39. The number of piperidine rings is 1. The number of benzene rings is 1. The number of oxazole rings is 1. The number of nitrogens with zero attached hydrogens (tertiary/aromatic N) is 4. The van der Waals surface area contributed by atoms with Crippen molar-refractivity contribution in [2.45, 2.75) is 38.3 Å². The van der Waals surface area contributed by atoms with Gasteiger partial charge in [-0.3, -0.25) is 9.78 Å². The Balaban J connectivity index is 1.40. The van der Waals surface area contributed by atoms with Gasteiger partial charge in [-0.05, 0) is 70.0 Å². The Morgan fingerprint density at radius 2 is 2.06 bits per heavy atom. The van der Waals surface area contributed by atoms with Crippen LogP contribution in [0.2, 0.25) is 0 Å². The van der Waals surface area contributed by atoms with E-state index in [0.717, 1.165) is 42.3 Å². The number of likely N-dealkylation sites (N-methyl/N-ethyl adjacent to an activating group) is 1. The number of fused-ring (bicyclic) bond motifs is 2. The van der Waals surface area contributed by atoms with Gasteiger partial charge in [-0.2, -0.15) is 0 Å². The highest BCUT2D eigenvalue weighted by atomic mass is 19.1. The molecule has 174 valence electrons. The molecule has 2 aliphatic rings. The number of aryl methyl sites for hydroxylation is 1. The van der Waals surface area contributed by atoms with Gasteiger partial charge in [0.25, 0.3) is 0 Å². The number of rotatable bonds is 4. The summed E-state index contributed by atoms with van der Waals surface area (Å²) < 4.78 is 21.8. The van der Waals surface area contributed by atoms with Crippen molar-refractivity contribution in [3.63, 3.8) is 0 Å². The number of aromatic nitrogens is 3. The van der Waals surface area contributed by atoms with Gasteiger partial charge in [-0.1, -0.05) is 6.07 Å². The molecular weight excluding hydrogens is 433 g/mol. The number of nitrogens with one attached hydrogen (secondary N) is 1. The highest BCUT2D eigenvalue weighted by molar-refractivity contribution is 6.00. The lowest BCUT2D eigenvalue weighted by atomic mass is 9.87. The monoisotopic (exact) mass is 459 g/mol. The maximum atomic E-state index is 15.7. The molecule has 6 rings (SSSR count). The Bertz CT molecular complexity index is 1430. The van der Waals surface area contributed by atoms with Crippen LogP contribution in [-0.2, 0) is 10.5 Å². The van der Waals surface area contributed by atoms with Crippen molar-refractivity contribution in [1.29, 1.82) is 0 Å². The van der Waals surface area contributed by atoms with E-state index < -0.39 is 5.67 Å². The van der Waals surface area contributed by atoms with Crippen molar-refractivity contribution in [2.24, 2.45) is 5.92 Å². The molecule has 1 aromatic carbocycles. The zero-order valence-electron chi connectivity index (χ0n) is 19.3. The van der Waals surface area contributed by atoms with Crippen molar-refractivity contribution >= 4 is 33.6 Å². The molecule has 0 unspecified atom stereocenters. The van der Waals surface area contributed by atoms with Gasteiger partial charge < -0.3 is 14.6 Å². The van der Waals surface area contributed by atoms with Crippen molar-refractivity contribution < 1.29 is 13.6 Å². The molecular formula is C26H26FN5O2. The molecule has 4 heterocycles. The lowest BCUT2D eigenvalue weighted by Crippen LogP contribution is -2.41. The average molecular weight is 460 g/mol. The third kappa shape index (κ3) is 3.72. The molecule has 1 amide bonds. The van der Waals surface area contributed by atoms with E-state index in [4.69, 9.17) is 9.40 Å². The predicted molar refractivity (Wildman–Crippen MR) is 128 cm³/mol. The molecule has 8 heteroatoms. The fourth-order valence-corrected chi connectivity index (χ4v) is 4.85. The van der Waals surface area contributed by atoms with Crippen LogP contribution in [-0.4, -0.2) is 45.9 Å². The highest BCUT2D eigenvalue weighted by Gasteiger charge is 2.36. The van der Waals surface area contributed by atoms with E-state index in [9.17, 15) is 4.79 Å². The van der Waals surface area contributed by atoms with Crippen LogP contribution in [0.25, 0.3) is 33.3 Å². The normalized spacial score (nSPS) is 21.3. The summed E-state index contributed by atoms with van der Waals surface area (Å²) in [5, 5.41) is 4.61. The minimum Gasteiger partial charge on any atom is -0.436 e. The fourth-order valence-electron chi connectivity index (χ4n) is 4.85. The molecule has 3 aromatic heterocycles. The molecule has 7 nitrogen and oxygen atoms in total. The number of hydrogen-bond donors (Lipinski definition) is 1. The molecule has 1 aliphatic carbocycles. The van der Waals surface area contributed by atoms with E-state index >= 15 is 4.39 Å². The van der Waals surface area contributed by atoms with Gasteiger partial charge in [0.05, 0.1) is 5.56 Å². The average Bonchev–Trinajstić information content (AvgIpc) is 3.58. The molecule has 1 aliphatic heterocycles. The minimum atomic E-state index is -1.39. The summed E-state index contributed by atoms with van der Waals surface area (Å²) in [6.45, 7) is 3.20. The van der Waals surface area contributed by atoms with Crippen LogP contribution in [0.3, 0.4) is 0 Å². The van der Waals surface area contributed by atoms with Crippen LogP contribution in [0.15, 0.2) is 41.1 Å². The summed E-state index contributed by atoms with van der Waals surface area (Å²) in [4.78, 5) is 27.9. The maximum Gasteiger partial charge on any atom is 0.229 e. The van der Waals surface area contributed by atoms with Crippen LogP contribution in [0.1, 0.15) is 36.9 Å². The van der Waals surface area contributed by atoms with Crippen LogP contribution in [0.4, 0.5) is 10.2 Å². The van der Waals surface area contributed by atoms with Crippen LogP contribution < -0.4 is 5.32 Å². The Morgan fingerprint density at radius 1 is 1.21 bits per heavy atom. The first-order valence-electron chi connectivity index (χ1n) is 11.7. The first-order valence-corrected chi connectivity index (χ1v) is 11.7. The van der Waals surface area contributed by atoms with Crippen LogP contribution in [0.5, 0.6) is 0 Å². The molecule has 1 saturated carbocycles. The molecule has 34 heavy (non-hydrogen) atoms. The Labute approximate surface area is 196 Å². The number of pyridine rings is 2. The van der Waals surface area contributed by atoms with E-state index in [0.29, 0.717) is 46.9 Å². The molecule has 0 bridgehead atoms. The smallest absolute Gasteiger partial charge is 0.229 e. The van der Waals surface area contributed by atoms with Gasteiger partial charge in [0.2, 0.25) is 11.8 Å². The zero-order valence-corrected chi connectivity index (χ0v) is 19.3. The van der Waals surface area contributed by atoms with Gasteiger partial charge >= 0.3 is 0 Å². The third-order valence-corrected chi connectivity index (χ3v) is 6.94. The van der Waals surface area contributed by atoms with E-state index in [-0.39, 0.29) is 11.8 Å². The van der Waals surface area contributed by atoms with E-state index in [1.165, 1.54) is 0 Å². The molecule has 1 saturated heterocycles. The van der Waals surface area contributed by atoms with E-state index in [1.807, 2.05) is 24.9 Å². The van der Waals surface area contributed by atoms with Crippen LogP contribution >= 0.6 is 0 Å². The zero-order chi connectivity index (χ0) is 23.4. The molecule has 0 spiro atoms. The number of carbonyl (C=O) groups excluding carboxylic acids is 1. The van der Waals surface area contributed by atoms with Gasteiger partial charge in [0.1, 0.15) is 17.0 Å². The summed E-state index contributed by atoms with van der Waals surface area (Å²) in [6, 6.07) is 7.24. The van der Waals surface area contributed by atoms with Gasteiger partial charge in [-0.15, -0.1) is 0 Å². The lowest BCUT2D eigenvalue weighted by Gasteiger charge is -2.35. The Morgan fingerprint density at radius 3 is 2.85 bits per heavy atom. The van der Waals surface area contributed by atoms with Gasteiger partial charge in [0, 0.05) is 41.3 Å². The summed E-state index contributed by atoms with van der Waals surface area (Å²) in [5.74, 6) is 0.992. The maximum absolute atomic E-state index is 15.7. The number of alkyl halides is 1. The molecule has 2 fully saturated rings. The SMILES string of the molecule is Cc1ncc(-c2nc3cc([C@]4(F)CCCN(C)C4)ccc3o2)c2cc(NC(=O)C3CC3)ncc12. The standard InChI is InChI=1S/C26H26FN5O2/c1-15-19-12-29-23(31-24(33)16-4-5-16)11-18(19)20(13-28-15)25-30-21-10-17(6-7-22(21)34-25)26(27)8-3-9-32(2)14-26/h6-7,10-13,16H,3-5,8-9,14H2,1-2H3,(H,29,31,33)/t26-/m0/s1. The number of anilines is 1. The Kier molecular flexibility index (Phi) is 4.88. The quantitative estimate of drug-likeness (QED) is 0.463. The third-order valence-electron chi connectivity index (χ3n) is 6.94. The first kappa shape index (κ1) is 21.2. The van der Waals surface area contributed by atoms with Gasteiger partial charge in [0.15, 0.2) is 5.58 Å². The summed E-state index contributed by atoms with van der Waals surface area (Å²) in [7, 11) is 1.95. The second-order valence-electron chi connectivity index (χ2n) is 9.64. The number of likely N-dealkylation sites (tertiary alicyclic amines) is 1. The largest absolute Gasteiger partial charge is 0.436 e. The molecule has 1 atom stereocenters. The number of amides is 1. The summed E-state index contributed by atoms with van der Waals surface area (Å²) in [6.07, 6.45) is 6.62. The van der Waals surface area contributed by atoms with Crippen LogP contribution in [0, 0.1) is 12.8 Å². The van der Waals surface area contributed by atoms with E-state index in [2.05, 4.69) is 15.3 Å². The highest BCUT2D eigenvalue weighted by Crippen LogP contribution is 2.38. The molecule has 1 N–H and O–H groups in total. The van der Waals surface area contributed by atoms with Crippen molar-refractivity contribution in [1.82, 2.24) is 19.9 Å². The van der Waals surface area contributed by atoms with Crippen molar-refractivity contribution in [2.75, 3.05) is 25.5 Å². The van der Waals surface area contributed by atoms with Crippen molar-refractivity contribution in [3.8, 4) is 11.5 Å². The number of carbonyl (C=O) groups is 1. The number of halogens is 1. The summed E-state index contributed by atoms with van der Waals surface area (Å²) in [5.41, 5.74) is 1.98. The second kappa shape index (κ2) is 7.84. The molecule has 0 radical (unpaired) electrons. The lowest BCUT2D eigenvalue weighted by molar-refractivity contribution is -0.117. The van der Waals surface area contributed by atoms with Crippen molar-refractivity contribution in [3.05, 3.63) is 47.9 Å². The second-order valence-corrected chi connectivity index (χ2v) is 9.64. The predicted octanol–water partition coefficient (Wildman–Crippen LogP) is 4.99.